The molecule has 3 aliphatic heterocycles. The Hall–Kier alpha value is -7.92. The molecule has 4 aromatic rings. The maximum atomic E-state index is 15.4. The molecule has 1 saturated heterocycles. The van der Waals surface area contributed by atoms with Crippen LogP contribution in [-0.2, 0) is 84.2 Å². The smallest absolute Gasteiger partial charge is 0.343 e. The minimum Gasteiger partial charge on any atom is -0.458 e. The van der Waals surface area contributed by atoms with Crippen LogP contribution in [0.3, 0.4) is 0 Å². The van der Waals surface area contributed by atoms with Crippen LogP contribution in [0.4, 0.5) is 4.39 Å². The molecule has 22 nitrogen and oxygen atoms in total. The number of fused-ring (bicyclic) bond motifs is 5. The highest BCUT2D eigenvalue weighted by Crippen LogP contribution is 2.46. The van der Waals surface area contributed by atoms with E-state index >= 15 is 4.39 Å². The third-order valence-electron chi connectivity index (χ3n) is 14.3. The summed E-state index contributed by atoms with van der Waals surface area (Å²) in [6.45, 7) is 2.66. The van der Waals surface area contributed by atoms with Gasteiger partial charge in [0.25, 0.3) is 5.56 Å². The normalized spacial score (nSPS) is 18.5. The Labute approximate surface area is 435 Å². The van der Waals surface area contributed by atoms with Crippen LogP contribution in [0, 0.1) is 18.7 Å². The molecule has 0 radical (unpaired) electrons. The van der Waals surface area contributed by atoms with Crippen LogP contribution >= 0.6 is 0 Å². The van der Waals surface area contributed by atoms with Gasteiger partial charge in [0.2, 0.25) is 47.3 Å². The number of amides is 8. The van der Waals surface area contributed by atoms with Gasteiger partial charge in [-0.3, -0.25) is 48.1 Å². The first kappa shape index (κ1) is 54.3. The zero-order valence-corrected chi connectivity index (χ0v) is 42.4. The molecule has 1 fully saturated rings. The van der Waals surface area contributed by atoms with E-state index in [0.717, 1.165) is 5.56 Å². The number of pyridine rings is 2. The summed E-state index contributed by atoms with van der Waals surface area (Å²) < 4.78 is 27.5. The van der Waals surface area contributed by atoms with Crippen molar-refractivity contribution in [3.63, 3.8) is 0 Å². The number of carbonyl (C=O) groups is 9. The number of aryl methyl sites for hydroxylation is 1. The predicted molar refractivity (Wildman–Crippen MR) is 267 cm³/mol. The van der Waals surface area contributed by atoms with E-state index in [1.165, 1.54) is 15.5 Å². The standard InChI is InChI=1S/C53H60FN9O13/c1-4-53(74)34-19-39-48-32(24-63(39)51(72)33(34)25-76-52(53)73)47-36(15-14-31-29(3)35(54)20-37(61-48)46(31)47)59-44(68)26-75-27-58-42(66)22-57-49(70)38(18-30-11-7-5-8-12-30)60-43(67)23-56-41(65)21-55-40(64)13-9-6-10-16-62-45(69)17-28(2)50(62)71/h5,7-8,11-12,19-20,28,36,38,74H,4,6,9-10,13-18,21-27H2,1-3H3,(H,55,64)(H,56,65)(H,57,70)(H,58,66)(H,59,68)(H,60,67)/t28?,36?,38-,53-/m0/s1. The monoisotopic (exact) mass is 1050 g/mol. The number of aromatic nitrogens is 2. The Morgan fingerprint density at radius 2 is 1.62 bits per heavy atom. The second-order valence-corrected chi connectivity index (χ2v) is 19.4. The van der Waals surface area contributed by atoms with Crippen molar-refractivity contribution in [2.45, 2.75) is 109 Å². The number of rotatable bonds is 22. The van der Waals surface area contributed by atoms with Gasteiger partial charge in [0.15, 0.2) is 5.60 Å². The van der Waals surface area contributed by atoms with Gasteiger partial charge in [-0.05, 0) is 67.3 Å². The first-order chi connectivity index (χ1) is 36.4. The predicted octanol–water partition coefficient (Wildman–Crippen LogP) is 0.752. The van der Waals surface area contributed by atoms with Crippen LogP contribution in [0.15, 0.2) is 47.3 Å². The largest absolute Gasteiger partial charge is 0.458 e. The minimum atomic E-state index is -2.05. The first-order valence-corrected chi connectivity index (χ1v) is 25.3. The molecule has 8 amide bonds. The fourth-order valence-corrected chi connectivity index (χ4v) is 10.2. The number of carbonyl (C=O) groups excluding carboxylic acids is 9. The van der Waals surface area contributed by atoms with Crippen LogP contribution in [0.1, 0.15) is 104 Å². The van der Waals surface area contributed by atoms with Gasteiger partial charge < -0.3 is 51.0 Å². The maximum absolute atomic E-state index is 15.4. The van der Waals surface area contributed by atoms with Crippen molar-refractivity contribution >= 4 is 64.1 Å². The van der Waals surface area contributed by atoms with Crippen LogP contribution in [0.5, 0.6) is 0 Å². The summed E-state index contributed by atoms with van der Waals surface area (Å²) in [5, 5.41) is 27.4. The summed E-state index contributed by atoms with van der Waals surface area (Å²) in [6.07, 6.45) is 2.70. The van der Waals surface area contributed by atoms with E-state index in [-0.39, 0.29) is 67.7 Å². The third kappa shape index (κ3) is 11.6. The van der Waals surface area contributed by atoms with Gasteiger partial charge >= 0.3 is 5.97 Å². The van der Waals surface area contributed by atoms with Gasteiger partial charge in [0.1, 0.15) is 31.8 Å². The molecule has 7 N–H and O–H groups in total. The van der Waals surface area contributed by atoms with Crippen LogP contribution in [0.2, 0.25) is 0 Å². The number of cyclic esters (lactones) is 1. The summed E-state index contributed by atoms with van der Waals surface area (Å²) in [6, 6.07) is 9.84. The van der Waals surface area contributed by atoms with Crippen molar-refractivity contribution in [3.05, 3.63) is 97.6 Å². The second kappa shape index (κ2) is 23.3. The van der Waals surface area contributed by atoms with Crippen LogP contribution in [0.25, 0.3) is 22.3 Å². The molecule has 8 rings (SSSR count). The van der Waals surface area contributed by atoms with E-state index < -0.39 is 103 Å². The van der Waals surface area contributed by atoms with Gasteiger partial charge in [-0.1, -0.05) is 50.6 Å². The number of nitrogens with zero attached hydrogens (tertiary/aromatic N) is 3. The molecule has 0 bridgehead atoms. The third-order valence-corrected chi connectivity index (χ3v) is 14.3. The molecule has 2 unspecified atom stereocenters. The summed E-state index contributed by atoms with van der Waals surface area (Å²) >= 11 is 0. The van der Waals surface area contributed by atoms with Crippen molar-refractivity contribution in [1.82, 2.24) is 46.4 Å². The molecule has 2 aromatic carbocycles. The Balaban J connectivity index is 0.800. The molecular weight excluding hydrogens is 990 g/mol. The number of nitrogens with one attached hydrogen (secondary N) is 6. The topological polar surface area (TPSA) is 303 Å². The van der Waals surface area contributed by atoms with E-state index in [4.69, 9.17) is 14.5 Å². The molecule has 4 atom stereocenters. The fraction of sp³-hybridized carbons (Fsp3) is 0.453. The summed E-state index contributed by atoms with van der Waals surface area (Å²) in [5.41, 5.74) is 1.85. The molecule has 1 aliphatic carbocycles. The van der Waals surface area contributed by atoms with Crippen molar-refractivity contribution in [2.24, 2.45) is 5.92 Å². The van der Waals surface area contributed by atoms with E-state index in [1.807, 2.05) is 0 Å². The van der Waals surface area contributed by atoms with Gasteiger partial charge in [-0.25, -0.2) is 14.2 Å². The quantitative estimate of drug-likeness (QED) is 0.0218. The lowest BCUT2D eigenvalue weighted by Crippen LogP contribution is -2.52. The number of hydrogen-bond donors (Lipinski definition) is 7. The lowest BCUT2D eigenvalue weighted by molar-refractivity contribution is -0.172. The Bertz CT molecular complexity index is 3090. The summed E-state index contributed by atoms with van der Waals surface area (Å²) in [7, 11) is 0. The van der Waals surface area contributed by atoms with Gasteiger partial charge in [0, 0.05) is 54.3 Å². The number of halogens is 1. The van der Waals surface area contributed by atoms with Gasteiger partial charge in [0.05, 0.1) is 54.7 Å². The average Bonchev–Trinajstić information content (AvgIpc) is 3.97. The lowest BCUT2D eigenvalue weighted by atomic mass is 9.81. The highest BCUT2D eigenvalue weighted by molar-refractivity contribution is 6.03. The zero-order chi connectivity index (χ0) is 54.4. The molecule has 5 heterocycles. The number of imide groups is 1. The molecule has 76 heavy (non-hydrogen) atoms. The maximum Gasteiger partial charge on any atom is 0.343 e. The Kier molecular flexibility index (Phi) is 16.7. The van der Waals surface area contributed by atoms with Gasteiger partial charge in [-0.15, -0.1) is 0 Å². The molecule has 23 heteroatoms. The van der Waals surface area contributed by atoms with E-state index in [1.54, 1.807) is 57.2 Å². The fourth-order valence-electron chi connectivity index (χ4n) is 10.2. The highest BCUT2D eigenvalue weighted by atomic mass is 19.1. The molecule has 2 aromatic heterocycles. The molecule has 4 aliphatic rings. The number of likely N-dealkylation sites (tertiary alicyclic amines) is 1. The molecular formula is C53H60FN9O13. The SMILES string of the molecule is CC[C@@]1(O)C(=O)OCc2c1cc1n(c2=O)Cc2c-1nc1cc(F)c(C)c3c1c2C(NC(=O)COCNC(=O)CNC(=O)[C@H](Cc1ccccc1)NC(=O)CNC(=O)CNC(=O)CCCCCN1C(=O)CC(C)C1=O)CC3. The second-order valence-electron chi connectivity index (χ2n) is 19.4. The zero-order valence-electron chi connectivity index (χ0n) is 42.4. The summed E-state index contributed by atoms with van der Waals surface area (Å²) in [4.78, 5) is 134. The molecule has 0 saturated carbocycles. The van der Waals surface area contributed by atoms with E-state index in [2.05, 4.69) is 31.9 Å². The van der Waals surface area contributed by atoms with Crippen molar-refractivity contribution < 1.29 is 62.1 Å². The number of hydrogen-bond acceptors (Lipinski definition) is 14. The number of aliphatic hydroxyl groups is 1. The number of benzene rings is 2. The average molecular weight is 1050 g/mol. The number of unbranched alkanes of at least 4 members (excludes halogenated alkanes) is 2. The van der Waals surface area contributed by atoms with Crippen molar-refractivity contribution in [3.8, 4) is 11.4 Å². The van der Waals surface area contributed by atoms with Crippen LogP contribution < -0.4 is 37.5 Å². The molecule has 0 spiro atoms. The van der Waals surface area contributed by atoms with Crippen molar-refractivity contribution in [2.75, 3.05) is 39.5 Å². The Morgan fingerprint density at radius 3 is 2.36 bits per heavy atom. The van der Waals surface area contributed by atoms with E-state index in [9.17, 15) is 53.1 Å². The highest BCUT2D eigenvalue weighted by Gasteiger charge is 2.46. The minimum absolute atomic E-state index is 0.0388. The molecule has 402 valence electrons. The van der Waals surface area contributed by atoms with Gasteiger partial charge in [-0.2, -0.15) is 0 Å². The Morgan fingerprint density at radius 1 is 0.895 bits per heavy atom. The van der Waals surface area contributed by atoms with Crippen molar-refractivity contribution in [1.29, 1.82) is 0 Å². The number of esters is 1. The first-order valence-electron chi connectivity index (χ1n) is 25.3. The number of ether oxygens (including phenoxy) is 2. The van der Waals surface area contributed by atoms with Crippen LogP contribution in [-0.4, -0.2) is 118 Å². The lowest BCUT2D eigenvalue weighted by Gasteiger charge is -2.31. The van der Waals surface area contributed by atoms with E-state index in [0.29, 0.717) is 83.2 Å². The summed E-state index contributed by atoms with van der Waals surface area (Å²) in [5.74, 6) is -5.72.